The molecule has 5 heteroatoms. The van der Waals surface area contributed by atoms with Crippen molar-refractivity contribution in [2.45, 2.75) is 34.1 Å². The molecule has 4 nitrogen and oxygen atoms in total. The molecule has 0 radical (unpaired) electrons. The standard InChI is InChI=1S/C18H23FO4/c1-13(11-18(2,3)4)12-22-16(20)9-10-17(21)23-15-8-6-5-7-14(15)19/h5-10,13H,11-12H2,1-4H3/b10-9+. The first-order chi connectivity index (χ1) is 10.7. The number of carbonyl (C=O) groups excluding carboxylic acids is 2. The van der Waals surface area contributed by atoms with Gasteiger partial charge in [0.2, 0.25) is 0 Å². The van der Waals surface area contributed by atoms with Crippen LogP contribution in [0.25, 0.3) is 0 Å². The lowest BCUT2D eigenvalue weighted by Crippen LogP contribution is -2.17. The van der Waals surface area contributed by atoms with Crippen LogP contribution in [0.1, 0.15) is 34.1 Å². The predicted molar refractivity (Wildman–Crippen MR) is 85.4 cm³/mol. The summed E-state index contributed by atoms with van der Waals surface area (Å²) in [6.45, 7) is 8.62. The number of esters is 2. The van der Waals surface area contributed by atoms with Gasteiger partial charge in [0.15, 0.2) is 11.6 Å². The molecular weight excluding hydrogens is 299 g/mol. The van der Waals surface area contributed by atoms with Gasteiger partial charge in [-0.3, -0.25) is 0 Å². The number of hydrogen-bond donors (Lipinski definition) is 0. The van der Waals surface area contributed by atoms with E-state index in [1.807, 2.05) is 6.92 Å². The van der Waals surface area contributed by atoms with Crippen LogP contribution >= 0.6 is 0 Å². The van der Waals surface area contributed by atoms with E-state index in [0.717, 1.165) is 18.6 Å². The molecule has 1 aromatic rings. The zero-order valence-electron chi connectivity index (χ0n) is 14.0. The van der Waals surface area contributed by atoms with Gasteiger partial charge in [0.1, 0.15) is 0 Å². The summed E-state index contributed by atoms with van der Waals surface area (Å²) in [6.07, 6.45) is 2.81. The van der Waals surface area contributed by atoms with Crippen molar-refractivity contribution in [1.82, 2.24) is 0 Å². The van der Waals surface area contributed by atoms with Crippen molar-refractivity contribution in [2.24, 2.45) is 11.3 Å². The second-order valence-corrected chi connectivity index (χ2v) is 6.68. The average molecular weight is 322 g/mol. The summed E-state index contributed by atoms with van der Waals surface area (Å²) in [5.74, 6) is -2.08. The number of para-hydroxylation sites is 1. The van der Waals surface area contributed by atoms with Crippen LogP contribution in [0.5, 0.6) is 5.75 Å². The highest BCUT2D eigenvalue weighted by Gasteiger charge is 2.16. The van der Waals surface area contributed by atoms with Crippen molar-refractivity contribution >= 4 is 11.9 Å². The first-order valence-electron chi connectivity index (χ1n) is 7.48. The Labute approximate surface area is 136 Å². The Balaban J connectivity index is 2.40. The molecule has 0 aliphatic rings. The maximum atomic E-state index is 13.3. The Hall–Kier alpha value is -2.17. The summed E-state index contributed by atoms with van der Waals surface area (Å²) < 4.78 is 23.1. The second kappa shape index (κ2) is 8.46. The zero-order chi connectivity index (χ0) is 17.5. The minimum atomic E-state index is -0.838. The van der Waals surface area contributed by atoms with Gasteiger partial charge in [-0.05, 0) is 29.9 Å². The van der Waals surface area contributed by atoms with E-state index in [4.69, 9.17) is 9.47 Å². The fraction of sp³-hybridized carbons (Fsp3) is 0.444. The van der Waals surface area contributed by atoms with E-state index in [0.29, 0.717) is 0 Å². The van der Waals surface area contributed by atoms with E-state index in [-0.39, 0.29) is 23.7 Å². The van der Waals surface area contributed by atoms with Gasteiger partial charge in [-0.15, -0.1) is 0 Å². The molecule has 0 aliphatic heterocycles. The third kappa shape index (κ3) is 8.14. The first-order valence-corrected chi connectivity index (χ1v) is 7.48. The summed E-state index contributed by atoms with van der Waals surface area (Å²) in [6, 6.07) is 5.53. The van der Waals surface area contributed by atoms with Crippen molar-refractivity contribution in [3.8, 4) is 5.75 Å². The van der Waals surface area contributed by atoms with Gasteiger partial charge in [-0.1, -0.05) is 39.8 Å². The van der Waals surface area contributed by atoms with Crippen LogP contribution < -0.4 is 4.74 Å². The SMILES string of the molecule is CC(COC(=O)/C=C/C(=O)Oc1ccccc1F)CC(C)(C)C. The molecule has 0 heterocycles. The molecule has 1 aromatic carbocycles. The van der Waals surface area contributed by atoms with E-state index < -0.39 is 17.8 Å². The number of ether oxygens (including phenoxy) is 2. The van der Waals surface area contributed by atoms with E-state index >= 15 is 0 Å². The molecule has 0 saturated heterocycles. The highest BCUT2D eigenvalue weighted by atomic mass is 19.1. The Morgan fingerprint density at radius 2 is 1.78 bits per heavy atom. The number of carbonyl (C=O) groups is 2. The van der Waals surface area contributed by atoms with Crippen molar-refractivity contribution < 1.29 is 23.5 Å². The molecular formula is C18H23FO4. The van der Waals surface area contributed by atoms with Crippen molar-refractivity contribution in [2.75, 3.05) is 6.61 Å². The summed E-state index contributed by atoms with van der Waals surface area (Å²) in [4.78, 5) is 23.1. The van der Waals surface area contributed by atoms with Gasteiger partial charge >= 0.3 is 11.9 Å². The average Bonchev–Trinajstić information content (AvgIpc) is 2.43. The summed E-state index contributed by atoms with van der Waals surface area (Å²) >= 11 is 0. The molecule has 1 unspecified atom stereocenters. The van der Waals surface area contributed by atoms with Crippen LogP contribution in [0.3, 0.4) is 0 Å². The molecule has 0 aliphatic carbocycles. The molecule has 0 N–H and O–H groups in total. The molecule has 126 valence electrons. The van der Waals surface area contributed by atoms with Crippen LogP contribution in [0.15, 0.2) is 36.4 Å². The van der Waals surface area contributed by atoms with E-state index in [1.54, 1.807) is 6.07 Å². The molecule has 0 amide bonds. The third-order valence-electron chi connectivity index (χ3n) is 2.87. The monoisotopic (exact) mass is 322 g/mol. The first kappa shape index (κ1) is 18.9. The van der Waals surface area contributed by atoms with Crippen LogP contribution in [-0.4, -0.2) is 18.5 Å². The van der Waals surface area contributed by atoms with Crippen LogP contribution in [-0.2, 0) is 14.3 Å². The third-order valence-corrected chi connectivity index (χ3v) is 2.87. The Bertz CT molecular complexity index is 573. The van der Waals surface area contributed by atoms with Crippen molar-refractivity contribution in [3.05, 3.63) is 42.2 Å². The highest BCUT2D eigenvalue weighted by molar-refractivity contribution is 5.92. The molecule has 0 bridgehead atoms. The molecule has 0 spiro atoms. The maximum Gasteiger partial charge on any atom is 0.336 e. The maximum absolute atomic E-state index is 13.3. The lowest BCUT2D eigenvalue weighted by Gasteiger charge is -2.22. The predicted octanol–water partition coefficient (Wildman–Crippen LogP) is 3.90. The van der Waals surface area contributed by atoms with Gasteiger partial charge in [0.25, 0.3) is 0 Å². The molecule has 0 saturated carbocycles. The van der Waals surface area contributed by atoms with Gasteiger partial charge in [-0.25, -0.2) is 14.0 Å². The van der Waals surface area contributed by atoms with E-state index in [2.05, 4.69) is 20.8 Å². The Kier molecular flexibility index (Phi) is 6.94. The molecule has 1 rings (SSSR count). The minimum absolute atomic E-state index is 0.158. The summed E-state index contributed by atoms with van der Waals surface area (Å²) in [7, 11) is 0. The molecule has 1 atom stereocenters. The van der Waals surface area contributed by atoms with E-state index in [9.17, 15) is 14.0 Å². The lowest BCUT2D eigenvalue weighted by atomic mass is 9.86. The number of benzene rings is 1. The fourth-order valence-corrected chi connectivity index (χ4v) is 2.18. The number of halogens is 1. The Morgan fingerprint density at radius 1 is 1.17 bits per heavy atom. The summed E-state index contributed by atoms with van der Waals surface area (Å²) in [5.41, 5.74) is 0.158. The van der Waals surface area contributed by atoms with Crippen LogP contribution in [0.4, 0.5) is 4.39 Å². The number of hydrogen-bond acceptors (Lipinski definition) is 4. The van der Waals surface area contributed by atoms with E-state index in [1.165, 1.54) is 18.2 Å². The summed E-state index contributed by atoms with van der Waals surface area (Å²) in [5, 5.41) is 0. The molecule has 23 heavy (non-hydrogen) atoms. The quantitative estimate of drug-likeness (QED) is 0.453. The number of rotatable bonds is 6. The molecule has 0 aromatic heterocycles. The lowest BCUT2D eigenvalue weighted by molar-refractivity contribution is -0.139. The van der Waals surface area contributed by atoms with Gasteiger partial charge in [0, 0.05) is 12.2 Å². The second-order valence-electron chi connectivity index (χ2n) is 6.68. The van der Waals surface area contributed by atoms with Crippen molar-refractivity contribution in [3.63, 3.8) is 0 Å². The molecule has 0 fully saturated rings. The van der Waals surface area contributed by atoms with Crippen molar-refractivity contribution in [1.29, 1.82) is 0 Å². The van der Waals surface area contributed by atoms with Crippen LogP contribution in [0, 0.1) is 17.2 Å². The largest absolute Gasteiger partial charge is 0.462 e. The Morgan fingerprint density at radius 3 is 2.39 bits per heavy atom. The van der Waals surface area contributed by atoms with Crippen LogP contribution in [0.2, 0.25) is 0 Å². The highest BCUT2D eigenvalue weighted by Crippen LogP contribution is 2.24. The topological polar surface area (TPSA) is 52.6 Å². The van der Waals surface area contributed by atoms with Gasteiger partial charge < -0.3 is 9.47 Å². The fourth-order valence-electron chi connectivity index (χ4n) is 2.18. The van der Waals surface area contributed by atoms with Gasteiger partial charge in [-0.2, -0.15) is 0 Å². The smallest absolute Gasteiger partial charge is 0.336 e. The zero-order valence-corrected chi connectivity index (χ0v) is 14.0. The van der Waals surface area contributed by atoms with Gasteiger partial charge in [0.05, 0.1) is 6.61 Å². The normalized spacial score (nSPS) is 12.9. The minimum Gasteiger partial charge on any atom is -0.462 e.